The van der Waals surface area contributed by atoms with Crippen LogP contribution in [-0.4, -0.2) is 30.9 Å². The van der Waals surface area contributed by atoms with Crippen LogP contribution in [0.15, 0.2) is 30.7 Å². The van der Waals surface area contributed by atoms with Crippen molar-refractivity contribution < 1.29 is 9.66 Å². The van der Waals surface area contributed by atoms with E-state index in [2.05, 4.69) is 10.1 Å². The van der Waals surface area contributed by atoms with E-state index >= 15 is 0 Å². The summed E-state index contributed by atoms with van der Waals surface area (Å²) in [6.45, 7) is 2.55. The van der Waals surface area contributed by atoms with Crippen molar-refractivity contribution in [2.75, 3.05) is 6.61 Å². The summed E-state index contributed by atoms with van der Waals surface area (Å²) in [4.78, 5) is 15.3. The highest BCUT2D eigenvalue weighted by Crippen LogP contribution is 2.33. The highest BCUT2D eigenvalue weighted by Gasteiger charge is 2.23. The van der Waals surface area contributed by atoms with E-state index in [-0.39, 0.29) is 16.8 Å². The highest BCUT2D eigenvalue weighted by atomic mass is 16.6. The minimum atomic E-state index is -0.369. The van der Waals surface area contributed by atoms with Crippen molar-refractivity contribution >= 4 is 16.6 Å². The van der Waals surface area contributed by atoms with Crippen molar-refractivity contribution in [1.82, 2.24) is 19.3 Å². The maximum absolute atomic E-state index is 11.5. The summed E-state index contributed by atoms with van der Waals surface area (Å²) in [5.74, 6) is 0.767. The van der Waals surface area contributed by atoms with E-state index in [4.69, 9.17) is 4.74 Å². The molecule has 3 heterocycles. The summed E-state index contributed by atoms with van der Waals surface area (Å²) in [6.07, 6.45) is 7.80. The Labute approximate surface area is 137 Å². The van der Waals surface area contributed by atoms with Crippen molar-refractivity contribution in [2.24, 2.45) is 0 Å². The van der Waals surface area contributed by atoms with Crippen LogP contribution in [0.25, 0.3) is 16.6 Å². The molecule has 1 aliphatic heterocycles. The molecule has 0 saturated carbocycles. The minimum Gasteiger partial charge on any atom is -0.356 e. The number of benzene rings is 1. The van der Waals surface area contributed by atoms with Gasteiger partial charge in [-0.2, -0.15) is 5.10 Å². The van der Waals surface area contributed by atoms with E-state index in [0.29, 0.717) is 23.2 Å². The van der Waals surface area contributed by atoms with Gasteiger partial charge in [-0.25, -0.2) is 9.67 Å². The number of rotatable bonds is 3. The first-order chi connectivity index (χ1) is 11.6. The molecule has 1 aromatic carbocycles. The standard InChI is InChI=1S/C16H17N5O3/c1-11-17-5-6-19(11)12-8-14-13(15(9-12)21(22)23)10-18-20(14)16-4-2-3-7-24-16/h5-6,8-10,16H,2-4,7H2,1H3. The number of ether oxygens (including phenoxy) is 1. The third-order valence-corrected chi connectivity index (χ3v) is 4.41. The third-order valence-electron chi connectivity index (χ3n) is 4.41. The Morgan fingerprint density at radius 2 is 2.25 bits per heavy atom. The second-order valence-corrected chi connectivity index (χ2v) is 5.91. The van der Waals surface area contributed by atoms with Gasteiger partial charge in [-0.1, -0.05) is 0 Å². The number of hydrogen-bond acceptors (Lipinski definition) is 5. The summed E-state index contributed by atoms with van der Waals surface area (Å²) < 4.78 is 9.38. The first-order valence-corrected chi connectivity index (χ1v) is 7.93. The van der Waals surface area contributed by atoms with Gasteiger partial charge in [-0.15, -0.1) is 0 Å². The number of fused-ring (bicyclic) bond motifs is 1. The van der Waals surface area contributed by atoms with Crippen LogP contribution in [0.1, 0.15) is 31.3 Å². The quantitative estimate of drug-likeness (QED) is 0.545. The molecule has 8 nitrogen and oxygen atoms in total. The minimum absolute atomic E-state index is 0.0395. The Balaban J connectivity index is 1.92. The lowest BCUT2D eigenvalue weighted by Gasteiger charge is -2.23. The van der Waals surface area contributed by atoms with Gasteiger partial charge < -0.3 is 9.30 Å². The topological polar surface area (TPSA) is 88.0 Å². The Kier molecular flexibility index (Phi) is 3.53. The molecule has 1 aliphatic rings. The molecule has 1 atom stereocenters. The molecule has 0 N–H and O–H groups in total. The van der Waals surface area contributed by atoms with Gasteiger partial charge in [0.15, 0.2) is 6.23 Å². The summed E-state index contributed by atoms with van der Waals surface area (Å²) in [7, 11) is 0. The molecule has 1 fully saturated rings. The van der Waals surface area contributed by atoms with E-state index in [0.717, 1.165) is 25.1 Å². The first kappa shape index (κ1) is 14.8. The van der Waals surface area contributed by atoms with Gasteiger partial charge >= 0.3 is 0 Å². The van der Waals surface area contributed by atoms with Gasteiger partial charge in [0.25, 0.3) is 5.69 Å². The lowest BCUT2D eigenvalue weighted by molar-refractivity contribution is -0.383. The fraction of sp³-hybridized carbons (Fsp3) is 0.375. The fourth-order valence-corrected chi connectivity index (χ4v) is 3.20. The van der Waals surface area contributed by atoms with Crippen LogP contribution in [0.2, 0.25) is 0 Å². The van der Waals surface area contributed by atoms with Crippen LogP contribution in [-0.2, 0) is 4.74 Å². The number of aromatic nitrogens is 4. The molecule has 3 aromatic rings. The smallest absolute Gasteiger partial charge is 0.282 e. The molecule has 0 amide bonds. The summed E-state index contributed by atoms with van der Waals surface area (Å²) >= 11 is 0. The Morgan fingerprint density at radius 3 is 2.92 bits per heavy atom. The fourth-order valence-electron chi connectivity index (χ4n) is 3.20. The number of imidazole rings is 1. The monoisotopic (exact) mass is 327 g/mol. The second-order valence-electron chi connectivity index (χ2n) is 5.91. The summed E-state index contributed by atoms with van der Waals surface area (Å²) in [5, 5.41) is 16.4. The van der Waals surface area contributed by atoms with Gasteiger partial charge in [0.1, 0.15) is 5.82 Å². The Bertz CT molecular complexity index is 908. The maximum atomic E-state index is 11.5. The summed E-state index contributed by atoms with van der Waals surface area (Å²) in [5.41, 5.74) is 1.44. The molecule has 0 bridgehead atoms. The molecule has 1 unspecified atom stereocenters. The van der Waals surface area contributed by atoms with Crippen LogP contribution in [0.3, 0.4) is 0 Å². The average Bonchev–Trinajstić information content (AvgIpc) is 3.20. The van der Waals surface area contributed by atoms with Crippen LogP contribution >= 0.6 is 0 Å². The van der Waals surface area contributed by atoms with Gasteiger partial charge in [-0.3, -0.25) is 10.1 Å². The van der Waals surface area contributed by atoms with Gasteiger partial charge in [0.2, 0.25) is 0 Å². The molecule has 2 aromatic heterocycles. The van der Waals surface area contributed by atoms with Crippen molar-refractivity contribution in [1.29, 1.82) is 0 Å². The normalized spacial score (nSPS) is 18.1. The molecule has 0 radical (unpaired) electrons. The van der Waals surface area contributed by atoms with E-state index in [1.807, 2.05) is 17.6 Å². The van der Waals surface area contributed by atoms with E-state index in [1.54, 1.807) is 29.3 Å². The maximum Gasteiger partial charge on any atom is 0.282 e. The zero-order chi connectivity index (χ0) is 16.7. The lowest BCUT2D eigenvalue weighted by atomic mass is 10.1. The third kappa shape index (κ3) is 2.35. The van der Waals surface area contributed by atoms with Crippen LogP contribution in [0.5, 0.6) is 0 Å². The lowest BCUT2D eigenvalue weighted by Crippen LogP contribution is -2.19. The predicted molar refractivity (Wildman–Crippen MR) is 87.1 cm³/mol. The van der Waals surface area contributed by atoms with Crippen LogP contribution < -0.4 is 0 Å². The number of non-ortho nitro benzene ring substituents is 1. The van der Waals surface area contributed by atoms with Gasteiger partial charge in [0, 0.05) is 25.1 Å². The molecule has 0 spiro atoms. The molecular weight excluding hydrogens is 310 g/mol. The molecule has 4 rings (SSSR count). The molecule has 24 heavy (non-hydrogen) atoms. The molecular formula is C16H17N5O3. The number of nitro benzene ring substituents is 1. The van der Waals surface area contributed by atoms with Crippen LogP contribution in [0, 0.1) is 17.0 Å². The van der Waals surface area contributed by atoms with Crippen molar-refractivity contribution in [3.63, 3.8) is 0 Å². The zero-order valence-electron chi connectivity index (χ0n) is 13.3. The predicted octanol–water partition coefficient (Wildman–Crippen LogP) is 3.14. The van der Waals surface area contributed by atoms with Crippen LogP contribution in [0.4, 0.5) is 5.69 Å². The molecule has 1 saturated heterocycles. The van der Waals surface area contributed by atoms with Crippen molar-refractivity contribution in [3.8, 4) is 5.69 Å². The zero-order valence-corrected chi connectivity index (χ0v) is 13.3. The Morgan fingerprint density at radius 1 is 1.38 bits per heavy atom. The highest BCUT2D eigenvalue weighted by molar-refractivity contribution is 5.90. The van der Waals surface area contributed by atoms with Gasteiger partial charge in [0.05, 0.1) is 27.7 Å². The molecule has 8 heteroatoms. The summed E-state index contributed by atoms with van der Waals surface area (Å²) in [6, 6.07) is 3.47. The molecule has 124 valence electrons. The largest absolute Gasteiger partial charge is 0.356 e. The van der Waals surface area contributed by atoms with E-state index in [9.17, 15) is 10.1 Å². The number of nitro groups is 1. The Hall–Kier alpha value is -2.74. The first-order valence-electron chi connectivity index (χ1n) is 7.93. The van der Waals surface area contributed by atoms with Crippen molar-refractivity contribution in [2.45, 2.75) is 32.4 Å². The van der Waals surface area contributed by atoms with Gasteiger partial charge in [-0.05, 0) is 32.3 Å². The number of hydrogen-bond donors (Lipinski definition) is 0. The number of nitrogens with zero attached hydrogens (tertiary/aromatic N) is 5. The SMILES string of the molecule is Cc1nccn1-c1cc([N+](=O)[O-])c2cnn(C3CCCCO3)c2c1. The van der Waals surface area contributed by atoms with E-state index < -0.39 is 0 Å². The molecule has 0 aliphatic carbocycles. The number of aryl methyl sites for hydroxylation is 1. The van der Waals surface area contributed by atoms with Crippen molar-refractivity contribution in [3.05, 3.63) is 46.7 Å². The average molecular weight is 327 g/mol. The second kappa shape index (κ2) is 5.72. The van der Waals surface area contributed by atoms with E-state index in [1.165, 1.54) is 0 Å².